The van der Waals surface area contributed by atoms with E-state index in [2.05, 4.69) is 12.2 Å². The van der Waals surface area contributed by atoms with Gasteiger partial charge in [0.2, 0.25) is 0 Å². The maximum atomic E-state index is 6.16. The van der Waals surface area contributed by atoms with Crippen LogP contribution in [0.3, 0.4) is 0 Å². The van der Waals surface area contributed by atoms with E-state index in [9.17, 15) is 0 Å². The largest absolute Gasteiger partial charge is 0.467 e. The molecule has 1 atom stereocenters. The first-order chi connectivity index (χ1) is 11.1. The summed E-state index contributed by atoms with van der Waals surface area (Å²) in [4.78, 5) is 0. The molecular weight excluding hydrogens is 326 g/mol. The minimum atomic E-state index is 0.285. The number of benzene rings is 1. The maximum Gasteiger partial charge on any atom is 0.261 e. The van der Waals surface area contributed by atoms with Crippen molar-refractivity contribution < 1.29 is 4.74 Å². The van der Waals surface area contributed by atoms with Gasteiger partial charge in [-0.2, -0.15) is 0 Å². The van der Waals surface area contributed by atoms with Crippen LogP contribution in [-0.2, 0) is 4.74 Å². The van der Waals surface area contributed by atoms with Crippen molar-refractivity contribution in [3.8, 4) is 0 Å². The van der Waals surface area contributed by atoms with Gasteiger partial charge < -0.3 is 10.1 Å². The third-order valence-corrected chi connectivity index (χ3v) is 6.27. The van der Waals surface area contributed by atoms with Crippen LogP contribution in [0.5, 0.6) is 0 Å². The maximum absolute atomic E-state index is 6.16. The van der Waals surface area contributed by atoms with Crippen LogP contribution in [0, 0.1) is 11.3 Å². The van der Waals surface area contributed by atoms with Gasteiger partial charge in [0.25, 0.3) is 5.17 Å². The van der Waals surface area contributed by atoms with Crippen molar-refractivity contribution in [1.29, 1.82) is 0 Å². The van der Waals surface area contributed by atoms with Crippen LogP contribution in [0.25, 0.3) is 0 Å². The van der Waals surface area contributed by atoms with Gasteiger partial charge in [-0.3, -0.25) is 0 Å². The Morgan fingerprint density at radius 2 is 1.96 bits per heavy atom. The Kier molecular flexibility index (Phi) is 5.48. The average Bonchev–Trinajstić information content (AvgIpc) is 2.55. The first-order valence-corrected chi connectivity index (χ1v) is 9.64. The van der Waals surface area contributed by atoms with Gasteiger partial charge in [0.15, 0.2) is 0 Å². The predicted octanol–water partition coefficient (Wildman–Crippen LogP) is 6.19. The normalized spacial score (nSPS) is 29.8. The molecule has 3 rings (SSSR count). The van der Waals surface area contributed by atoms with E-state index in [0.29, 0.717) is 15.6 Å². The van der Waals surface area contributed by atoms with Crippen molar-refractivity contribution in [2.24, 2.45) is 11.3 Å². The molecule has 0 aromatic heterocycles. The van der Waals surface area contributed by atoms with Gasteiger partial charge in [-0.25, -0.2) is 0 Å². The lowest BCUT2D eigenvalue weighted by molar-refractivity contribution is -0.0843. The topological polar surface area (TPSA) is 21.3 Å². The molecule has 0 aliphatic heterocycles. The molecule has 2 aliphatic rings. The number of halogens is 1. The smallest absolute Gasteiger partial charge is 0.261 e. The van der Waals surface area contributed by atoms with Gasteiger partial charge in [0.1, 0.15) is 6.10 Å². The van der Waals surface area contributed by atoms with E-state index in [4.69, 9.17) is 28.6 Å². The molecule has 0 amide bonds. The number of anilines is 1. The van der Waals surface area contributed by atoms with Crippen LogP contribution in [0.1, 0.15) is 58.3 Å². The summed E-state index contributed by atoms with van der Waals surface area (Å²) >= 11 is 11.6. The number of hydrogen-bond acceptors (Lipinski definition) is 2. The molecule has 2 fully saturated rings. The van der Waals surface area contributed by atoms with E-state index in [1.165, 1.54) is 44.9 Å². The Hall–Kier alpha value is -0.800. The van der Waals surface area contributed by atoms with Crippen LogP contribution in [0.15, 0.2) is 24.3 Å². The Morgan fingerprint density at radius 1 is 1.26 bits per heavy atom. The zero-order valence-corrected chi connectivity index (χ0v) is 15.4. The number of ether oxygens (including phenoxy) is 1. The summed E-state index contributed by atoms with van der Waals surface area (Å²) in [5, 5.41) is 4.26. The first-order valence-electron chi connectivity index (χ1n) is 8.85. The van der Waals surface area contributed by atoms with Crippen LogP contribution < -0.4 is 5.32 Å². The lowest BCUT2D eigenvalue weighted by atomic mass is 9.57. The van der Waals surface area contributed by atoms with Gasteiger partial charge in [-0.05, 0) is 68.8 Å². The molecule has 0 radical (unpaired) electrons. The summed E-state index contributed by atoms with van der Waals surface area (Å²) < 4.78 is 6.10. The van der Waals surface area contributed by atoms with Crippen molar-refractivity contribution in [3.05, 3.63) is 29.3 Å². The number of nitrogens with one attached hydrogen (secondary N) is 1. The first kappa shape index (κ1) is 17.0. The molecule has 1 spiro atoms. The molecule has 4 heteroatoms. The van der Waals surface area contributed by atoms with Gasteiger partial charge in [-0.15, -0.1) is 0 Å². The molecule has 2 saturated carbocycles. The van der Waals surface area contributed by atoms with Gasteiger partial charge in [0, 0.05) is 5.41 Å². The Bertz CT molecular complexity index is 554. The SMILES string of the molecule is CCCC1CCC2(CC1)CC[C@@H]2OC(=S)Nc1ccccc1Cl. The van der Waals surface area contributed by atoms with Crippen molar-refractivity contribution in [1.82, 2.24) is 0 Å². The van der Waals surface area contributed by atoms with Gasteiger partial charge in [-0.1, -0.05) is 43.5 Å². The highest BCUT2D eigenvalue weighted by molar-refractivity contribution is 7.80. The number of thiocarbonyl (C=S) groups is 1. The van der Waals surface area contributed by atoms with E-state index in [1.807, 2.05) is 24.3 Å². The molecule has 0 unspecified atom stereocenters. The third-order valence-electron chi connectivity index (χ3n) is 5.75. The third kappa shape index (κ3) is 3.83. The molecule has 2 aliphatic carbocycles. The van der Waals surface area contributed by atoms with E-state index >= 15 is 0 Å². The van der Waals surface area contributed by atoms with Gasteiger partial charge in [0.05, 0.1) is 10.7 Å². The number of rotatable bonds is 4. The lowest BCUT2D eigenvalue weighted by Gasteiger charge is -2.52. The molecule has 23 heavy (non-hydrogen) atoms. The van der Waals surface area contributed by atoms with E-state index in [0.717, 1.165) is 18.0 Å². The Labute approximate surface area is 149 Å². The fourth-order valence-corrected chi connectivity index (χ4v) is 4.62. The summed E-state index contributed by atoms with van der Waals surface area (Å²) in [6.07, 6.45) is 10.7. The second-order valence-electron chi connectivity index (χ2n) is 7.13. The summed E-state index contributed by atoms with van der Waals surface area (Å²) in [7, 11) is 0. The van der Waals surface area contributed by atoms with Crippen LogP contribution in [0.4, 0.5) is 5.69 Å². The highest BCUT2D eigenvalue weighted by Gasteiger charge is 2.50. The Morgan fingerprint density at radius 3 is 2.57 bits per heavy atom. The molecule has 1 aromatic carbocycles. The minimum Gasteiger partial charge on any atom is -0.467 e. The quantitative estimate of drug-likeness (QED) is 0.653. The highest BCUT2D eigenvalue weighted by Crippen LogP contribution is 2.54. The Balaban J connectivity index is 1.53. The fourth-order valence-electron chi connectivity index (χ4n) is 4.21. The average molecular weight is 352 g/mol. The van der Waals surface area contributed by atoms with Crippen LogP contribution in [-0.4, -0.2) is 11.3 Å². The molecule has 2 nitrogen and oxygen atoms in total. The van der Waals surface area contributed by atoms with Crippen molar-refractivity contribution >= 4 is 34.7 Å². The van der Waals surface area contributed by atoms with Crippen molar-refractivity contribution in [2.45, 2.75) is 64.4 Å². The molecular formula is C19H26ClNOS. The second kappa shape index (κ2) is 7.40. The fraction of sp³-hybridized carbons (Fsp3) is 0.632. The van der Waals surface area contributed by atoms with Crippen molar-refractivity contribution in [3.63, 3.8) is 0 Å². The van der Waals surface area contributed by atoms with Gasteiger partial charge >= 0.3 is 0 Å². The molecule has 1 aromatic rings. The lowest BCUT2D eigenvalue weighted by Crippen LogP contribution is -2.50. The highest BCUT2D eigenvalue weighted by atomic mass is 35.5. The molecule has 0 saturated heterocycles. The zero-order valence-electron chi connectivity index (χ0n) is 13.8. The summed E-state index contributed by atoms with van der Waals surface area (Å²) in [6.45, 7) is 2.29. The van der Waals surface area contributed by atoms with Crippen molar-refractivity contribution in [2.75, 3.05) is 5.32 Å². The molecule has 0 heterocycles. The molecule has 0 bridgehead atoms. The van der Waals surface area contributed by atoms with E-state index in [1.54, 1.807) is 0 Å². The summed E-state index contributed by atoms with van der Waals surface area (Å²) in [6, 6.07) is 7.63. The summed E-state index contributed by atoms with van der Waals surface area (Å²) in [5.41, 5.74) is 1.20. The number of para-hydroxylation sites is 1. The minimum absolute atomic E-state index is 0.285. The summed E-state index contributed by atoms with van der Waals surface area (Å²) in [5.74, 6) is 0.931. The zero-order chi connectivity index (χ0) is 16.3. The number of hydrogen-bond donors (Lipinski definition) is 1. The standard InChI is InChI=1S/C19H26ClNOS/c1-2-5-14-8-11-19(12-9-14)13-10-17(19)22-18(23)21-16-7-4-3-6-15(16)20/h3-4,6-7,14,17H,2,5,8-13H2,1H3,(H,21,23)/t14?,17-,19?/m0/s1. The molecule has 1 N–H and O–H groups in total. The van der Waals surface area contributed by atoms with E-state index < -0.39 is 0 Å². The molecule has 126 valence electrons. The van der Waals surface area contributed by atoms with E-state index in [-0.39, 0.29) is 6.10 Å². The van der Waals surface area contributed by atoms with Crippen LogP contribution in [0.2, 0.25) is 5.02 Å². The predicted molar refractivity (Wildman–Crippen MR) is 101 cm³/mol. The van der Waals surface area contributed by atoms with Crippen LogP contribution >= 0.6 is 23.8 Å². The monoisotopic (exact) mass is 351 g/mol. The second-order valence-corrected chi connectivity index (χ2v) is 7.91.